The Hall–Kier alpha value is -1.52. The smallest absolute Gasteiger partial charge is 0.0860 e. The van der Waals surface area contributed by atoms with E-state index in [9.17, 15) is 0 Å². The number of aryl methyl sites for hydroxylation is 2. The Kier molecular flexibility index (Phi) is 4.91. The molecule has 0 atom stereocenters. The summed E-state index contributed by atoms with van der Waals surface area (Å²) in [6.45, 7) is 7.95. The first-order chi connectivity index (χ1) is 9.88. The molecule has 1 aromatic carbocycles. The number of anilines is 1. The SMILES string of the molecule is Cc1nn(C)c(CN(Cc2ccc(N)cc2)C(C)C)c1Cl. The number of halogens is 1. The second kappa shape index (κ2) is 6.50. The van der Waals surface area contributed by atoms with Crippen LogP contribution in [0.5, 0.6) is 0 Å². The van der Waals surface area contributed by atoms with Gasteiger partial charge in [-0.05, 0) is 38.5 Å². The van der Waals surface area contributed by atoms with Crippen molar-refractivity contribution in [3.63, 3.8) is 0 Å². The first-order valence-electron chi connectivity index (χ1n) is 7.15. The number of aromatic nitrogens is 2. The van der Waals surface area contributed by atoms with E-state index in [1.165, 1.54) is 5.56 Å². The van der Waals surface area contributed by atoms with Gasteiger partial charge in [-0.1, -0.05) is 23.7 Å². The van der Waals surface area contributed by atoms with Crippen LogP contribution in [-0.4, -0.2) is 20.7 Å². The molecule has 114 valence electrons. The summed E-state index contributed by atoms with van der Waals surface area (Å²) in [7, 11) is 1.94. The normalized spacial score (nSPS) is 11.6. The van der Waals surface area contributed by atoms with Crippen molar-refractivity contribution < 1.29 is 0 Å². The van der Waals surface area contributed by atoms with Crippen LogP contribution >= 0.6 is 11.6 Å². The minimum atomic E-state index is 0.411. The molecule has 0 aliphatic carbocycles. The van der Waals surface area contributed by atoms with Crippen LogP contribution in [0.3, 0.4) is 0 Å². The maximum atomic E-state index is 6.36. The van der Waals surface area contributed by atoms with Gasteiger partial charge in [0.15, 0.2) is 0 Å². The predicted octanol–water partition coefficient (Wildman–Crippen LogP) is 3.37. The number of nitrogen functional groups attached to an aromatic ring is 1. The van der Waals surface area contributed by atoms with E-state index in [1.807, 2.05) is 30.8 Å². The van der Waals surface area contributed by atoms with Crippen molar-refractivity contribution in [2.24, 2.45) is 7.05 Å². The molecule has 2 rings (SSSR count). The molecule has 1 aromatic heterocycles. The van der Waals surface area contributed by atoms with Gasteiger partial charge in [0.25, 0.3) is 0 Å². The summed E-state index contributed by atoms with van der Waals surface area (Å²) < 4.78 is 1.87. The van der Waals surface area contributed by atoms with Crippen molar-refractivity contribution in [2.45, 2.75) is 39.9 Å². The lowest BCUT2D eigenvalue weighted by molar-refractivity contribution is 0.198. The molecule has 0 radical (unpaired) electrons. The summed E-state index contributed by atoms with van der Waals surface area (Å²) in [6, 6.07) is 8.43. The van der Waals surface area contributed by atoms with Crippen LogP contribution in [0.2, 0.25) is 5.02 Å². The summed E-state index contributed by atoms with van der Waals surface area (Å²) in [5.74, 6) is 0. The minimum absolute atomic E-state index is 0.411. The molecule has 4 nitrogen and oxygen atoms in total. The predicted molar refractivity (Wildman–Crippen MR) is 88.2 cm³/mol. The van der Waals surface area contributed by atoms with Gasteiger partial charge in [0.2, 0.25) is 0 Å². The van der Waals surface area contributed by atoms with Crippen molar-refractivity contribution in [1.29, 1.82) is 0 Å². The van der Waals surface area contributed by atoms with Crippen LogP contribution in [0.15, 0.2) is 24.3 Å². The summed E-state index contributed by atoms with van der Waals surface area (Å²) in [5, 5.41) is 5.15. The van der Waals surface area contributed by atoms with Crippen LogP contribution in [0.4, 0.5) is 5.69 Å². The number of hydrogen-bond acceptors (Lipinski definition) is 3. The molecule has 0 bridgehead atoms. The summed E-state index contributed by atoms with van der Waals surface area (Å²) in [5.41, 5.74) is 9.71. The van der Waals surface area contributed by atoms with Crippen molar-refractivity contribution in [2.75, 3.05) is 5.73 Å². The Balaban J connectivity index is 2.18. The minimum Gasteiger partial charge on any atom is -0.399 e. The van der Waals surface area contributed by atoms with E-state index in [2.05, 4.69) is 36.0 Å². The van der Waals surface area contributed by atoms with Crippen LogP contribution in [0.25, 0.3) is 0 Å². The summed E-state index contributed by atoms with van der Waals surface area (Å²) in [4.78, 5) is 2.37. The highest BCUT2D eigenvalue weighted by molar-refractivity contribution is 6.31. The van der Waals surface area contributed by atoms with E-state index < -0.39 is 0 Å². The Morgan fingerprint density at radius 1 is 1.24 bits per heavy atom. The van der Waals surface area contributed by atoms with Gasteiger partial charge in [-0.2, -0.15) is 5.10 Å². The van der Waals surface area contributed by atoms with E-state index in [4.69, 9.17) is 17.3 Å². The van der Waals surface area contributed by atoms with E-state index in [0.717, 1.165) is 35.2 Å². The Morgan fingerprint density at radius 2 is 1.86 bits per heavy atom. The lowest BCUT2D eigenvalue weighted by Gasteiger charge is -2.26. The van der Waals surface area contributed by atoms with E-state index in [1.54, 1.807) is 0 Å². The van der Waals surface area contributed by atoms with Gasteiger partial charge in [-0.3, -0.25) is 9.58 Å². The molecule has 1 heterocycles. The molecule has 0 aliphatic heterocycles. The molecule has 0 fully saturated rings. The molecule has 0 saturated carbocycles. The Labute approximate surface area is 131 Å². The number of nitrogens with two attached hydrogens (primary N) is 1. The fourth-order valence-electron chi connectivity index (χ4n) is 2.32. The molecule has 0 spiro atoms. The number of rotatable bonds is 5. The van der Waals surface area contributed by atoms with Crippen molar-refractivity contribution in [1.82, 2.24) is 14.7 Å². The highest BCUT2D eigenvalue weighted by atomic mass is 35.5. The molecular formula is C16H23ClN4. The van der Waals surface area contributed by atoms with Crippen LogP contribution in [-0.2, 0) is 20.1 Å². The third-order valence-corrected chi connectivity index (χ3v) is 4.20. The molecule has 0 saturated heterocycles. The van der Waals surface area contributed by atoms with Gasteiger partial charge in [-0.15, -0.1) is 0 Å². The summed E-state index contributed by atoms with van der Waals surface area (Å²) in [6.07, 6.45) is 0. The van der Waals surface area contributed by atoms with Crippen LogP contribution in [0.1, 0.15) is 30.8 Å². The van der Waals surface area contributed by atoms with Crippen molar-refractivity contribution >= 4 is 17.3 Å². The number of nitrogens with zero attached hydrogens (tertiary/aromatic N) is 3. The van der Waals surface area contributed by atoms with E-state index >= 15 is 0 Å². The zero-order chi connectivity index (χ0) is 15.6. The largest absolute Gasteiger partial charge is 0.399 e. The summed E-state index contributed by atoms with van der Waals surface area (Å²) >= 11 is 6.36. The van der Waals surface area contributed by atoms with Crippen molar-refractivity contribution in [3.8, 4) is 0 Å². The van der Waals surface area contributed by atoms with Gasteiger partial charge in [0, 0.05) is 31.9 Å². The standard InChI is InChI=1S/C16H23ClN4/c1-11(2)21(9-13-5-7-14(18)8-6-13)10-15-16(17)12(3)19-20(15)4/h5-8,11H,9-10,18H2,1-4H3. The first kappa shape index (κ1) is 15.9. The van der Waals surface area contributed by atoms with Crippen LogP contribution < -0.4 is 5.73 Å². The topological polar surface area (TPSA) is 47.1 Å². The van der Waals surface area contributed by atoms with Gasteiger partial charge >= 0.3 is 0 Å². The fraction of sp³-hybridized carbons (Fsp3) is 0.438. The zero-order valence-electron chi connectivity index (χ0n) is 13.1. The molecule has 2 aromatic rings. The molecular weight excluding hydrogens is 284 g/mol. The zero-order valence-corrected chi connectivity index (χ0v) is 13.9. The maximum Gasteiger partial charge on any atom is 0.0860 e. The number of hydrogen-bond donors (Lipinski definition) is 1. The lowest BCUT2D eigenvalue weighted by Crippen LogP contribution is -2.30. The highest BCUT2D eigenvalue weighted by Gasteiger charge is 2.17. The van der Waals surface area contributed by atoms with E-state index in [-0.39, 0.29) is 0 Å². The fourth-order valence-corrected chi connectivity index (χ4v) is 2.54. The average molecular weight is 307 g/mol. The maximum absolute atomic E-state index is 6.36. The van der Waals surface area contributed by atoms with Gasteiger partial charge < -0.3 is 5.73 Å². The second-order valence-electron chi connectivity index (χ2n) is 5.71. The van der Waals surface area contributed by atoms with Gasteiger partial charge in [0.1, 0.15) is 0 Å². The lowest BCUT2D eigenvalue weighted by atomic mass is 10.1. The quantitative estimate of drug-likeness (QED) is 0.862. The molecule has 2 N–H and O–H groups in total. The Bertz CT molecular complexity index is 601. The monoisotopic (exact) mass is 306 g/mol. The van der Waals surface area contributed by atoms with Crippen LogP contribution in [0, 0.1) is 6.92 Å². The van der Waals surface area contributed by atoms with E-state index in [0.29, 0.717) is 6.04 Å². The molecule has 5 heteroatoms. The molecule has 0 unspecified atom stereocenters. The van der Waals surface area contributed by atoms with Gasteiger partial charge in [0.05, 0.1) is 16.4 Å². The number of benzene rings is 1. The third kappa shape index (κ3) is 3.77. The van der Waals surface area contributed by atoms with Gasteiger partial charge in [-0.25, -0.2) is 0 Å². The molecule has 21 heavy (non-hydrogen) atoms. The van der Waals surface area contributed by atoms with Crippen molar-refractivity contribution in [3.05, 3.63) is 46.2 Å². The molecule has 0 aliphatic rings. The Morgan fingerprint density at radius 3 is 2.33 bits per heavy atom. The molecule has 0 amide bonds. The average Bonchev–Trinajstić information content (AvgIpc) is 2.66. The highest BCUT2D eigenvalue weighted by Crippen LogP contribution is 2.23. The second-order valence-corrected chi connectivity index (χ2v) is 6.09. The third-order valence-electron chi connectivity index (χ3n) is 3.71. The first-order valence-corrected chi connectivity index (χ1v) is 7.52.